The maximum Gasteiger partial charge on any atom is 0.256 e. The number of likely N-dealkylation sites (tertiary alicyclic amines) is 3. The number of aromatic nitrogens is 6. The van der Waals surface area contributed by atoms with E-state index in [0.29, 0.717) is 44.6 Å². The number of ether oxygens (including phenoxy) is 3. The number of aryl methyl sites for hydroxylation is 1. The molecule has 6 aromatic heterocycles. The zero-order valence-corrected chi connectivity index (χ0v) is 47.6. The van der Waals surface area contributed by atoms with Gasteiger partial charge >= 0.3 is 0 Å². The molecular formula is C63H64BrN11O6. The summed E-state index contributed by atoms with van der Waals surface area (Å²) in [6.07, 6.45) is 20.2. The molecule has 0 atom stereocenters. The number of H-pyrrole nitrogens is 1. The van der Waals surface area contributed by atoms with E-state index in [1.807, 2.05) is 128 Å². The monoisotopic (exact) mass is 1150 g/mol. The van der Waals surface area contributed by atoms with Gasteiger partial charge in [-0.3, -0.25) is 14.4 Å². The lowest BCUT2D eigenvalue weighted by molar-refractivity contribution is 0.0716. The van der Waals surface area contributed by atoms with Gasteiger partial charge in [0.1, 0.15) is 40.3 Å². The molecule has 81 heavy (non-hydrogen) atoms. The molecule has 414 valence electrons. The van der Waals surface area contributed by atoms with Crippen LogP contribution in [-0.2, 0) is 0 Å². The van der Waals surface area contributed by atoms with Crippen LogP contribution in [0.3, 0.4) is 0 Å². The van der Waals surface area contributed by atoms with Gasteiger partial charge in [-0.2, -0.15) is 5.26 Å². The van der Waals surface area contributed by atoms with Crippen LogP contribution in [0.4, 0.5) is 5.69 Å². The number of nitrogens with zero attached hydrogens (tertiary/aromatic N) is 10. The number of fused-ring (bicyclic) bond motifs is 3. The number of benzene rings is 3. The Labute approximate surface area is 479 Å². The molecular weight excluding hydrogens is 1090 g/mol. The van der Waals surface area contributed by atoms with Crippen molar-refractivity contribution in [3.8, 4) is 34.7 Å². The molecule has 3 fully saturated rings. The summed E-state index contributed by atoms with van der Waals surface area (Å²) in [6.45, 7) is 14.1. The Bertz CT molecular complexity index is 3730. The number of methoxy groups -OCH3 is 3. The molecule has 0 radical (unpaired) electrons. The van der Waals surface area contributed by atoms with Gasteiger partial charge in [0.2, 0.25) is 11.6 Å². The minimum absolute atomic E-state index is 0.0682. The van der Waals surface area contributed by atoms with E-state index in [1.54, 1.807) is 39.8 Å². The van der Waals surface area contributed by atoms with E-state index >= 15 is 0 Å². The topological polar surface area (TPSA) is 181 Å². The maximum atomic E-state index is 12.9. The number of carbonyl (C=O) groups is 3. The van der Waals surface area contributed by atoms with Crippen molar-refractivity contribution >= 4 is 72.4 Å². The van der Waals surface area contributed by atoms with E-state index in [1.165, 1.54) is 25.2 Å². The lowest BCUT2D eigenvalue weighted by Gasteiger charge is -2.27. The second-order valence-corrected chi connectivity index (χ2v) is 20.7. The van der Waals surface area contributed by atoms with E-state index in [9.17, 15) is 19.6 Å². The zero-order chi connectivity index (χ0) is 56.8. The molecule has 17 nitrogen and oxygen atoms in total. The van der Waals surface area contributed by atoms with Crippen LogP contribution in [0.5, 0.6) is 17.2 Å². The zero-order valence-electron chi connectivity index (χ0n) is 46.0. The summed E-state index contributed by atoms with van der Waals surface area (Å²) in [5.74, 6) is 2.42. The van der Waals surface area contributed by atoms with Gasteiger partial charge in [0.05, 0.1) is 50.2 Å². The van der Waals surface area contributed by atoms with Crippen molar-refractivity contribution in [3.05, 3.63) is 172 Å². The Balaban J connectivity index is 0.000000138. The van der Waals surface area contributed by atoms with Crippen molar-refractivity contribution < 1.29 is 28.6 Å². The predicted octanol–water partition coefficient (Wildman–Crippen LogP) is 12.7. The largest absolute Gasteiger partial charge is 0.497 e. The number of halogens is 1. The number of aromatic amines is 1. The number of nitrogens with one attached hydrogen (secondary N) is 1. The third kappa shape index (κ3) is 12.9. The highest BCUT2D eigenvalue weighted by atomic mass is 79.9. The van der Waals surface area contributed by atoms with Gasteiger partial charge in [0.25, 0.3) is 11.8 Å². The molecule has 0 unspecified atom stereocenters. The first kappa shape index (κ1) is 56.7. The quantitative estimate of drug-likeness (QED) is 0.144. The van der Waals surface area contributed by atoms with Crippen molar-refractivity contribution in [2.45, 2.75) is 64.7 Å². The van der Waals surface area contributed by atoms with Crippen molar-refractivity contribution in [1.82, 2.24) is 43.8 Å². The van der Waals surface area contributed by atoms with E-state index in [0.717, 1.165) is 139 Å². The minimum Gasteiger partial charge on any atom is -0.497 e. The van der Waals surface area contributed by atoms with Gasteiger partial charge in [0, 0.05) is 108 Å². The third-order valence-corrected chi connectivity index (χ3v) is 15.4. The van der Waals surface area contributed by atoms with Crippen molar-refractivity contribution in [1.29, 1.82) is 5.26 Å². The van der Waals surface area contributed by atoms with Crippen LogP contribution in [-0.4, -0.2) is 122 Å². The lowest BCUT2D eigenvalue weighted by Crippen LogP contribution is -2.36. The Morgan fingerprint density at radius 2 is 0.975 bits per heavy atom. The number of carbonyl (C=O) groups excluding carboxylic acids is 3. The van der Waals surface area contributed by atoms with E-state index in [4.69, 9.17) is 20.8 Å². The molecule has 18 heteroatoms. The van der Waals surface area contributed by atoms with Crippen LogP contribution in [0.1, 0.15) is 100.0 Å². The van der Waals surface area contributed by atoms with Gasteiger partial charge in [-0.1, -0.05) is 15.9 Å². The standard InChI is InChI=1S/C21H20N4O2.C21H23N3O2.C14H14N4O.C7H7BrO/c1-27-16-7-5-15(6-8-16)25-12-9-17-18(13-22)19(14-23-20(17)25)21(26)24-10-3-2-4-11-24;1-15-18-10-13-24(16-6-8-17(26-2)9-7-16)20(18)22-14-19(15)21(25)23-11-4-3-5-12-23;1-15-12-10-5-6-16-13(10)17-9-11(12)14(19)18-7-3-2-4-8-18;1-9-7-4-2-6(8)3-5-7/h5-9,12,14H,2-4,10-11H2,1H3;6-10,13-14H,3-5,11-12H2,1-2H3;5-6,9H,2-4,7-8H2,(H,16,17);2-5H,1H3. The average Bonchev–Trinajstić information content (AvgIpc) is 4.52. The minimum atomic E-state index is -0.0992. The molecule has 3 aliphatic rings. The van der Waals surface area contributed by atoms with Gasteiger partial charge in [-0.15, -0.1) is 0 Å². The molecule has 3 aliphatic heterocycles. The smallest absolute Gasteiger partial charge is 0.256 e. The highest BCUT2D eigenvalue weighted by molar-refractivity contribution is 9.10. The van der Waals surface area contributed by atoms with Crippen molar-refractivity contribution in [2.75, 3.05) is 60.6 Å². The molecule has 0 bridgehead atoms. The fourth-order valence-electron chi connectivity index (χ4n) is 10.3. The van der Waals surface area contributed by atoms with E-state index in [2.05, 4.69) is 46.8 Å². The first-order chi connectivity index (χ1) is 39.5. The second kappa shape index (κ2) is 26.8. The SMILES string of the molecule is COc1ccc(-n2ccc3c(C#N)c(C(=O)N4CCCCC4)cnc32)cc1.COc1ccc(-n2ccc3c(C)c(C(=O)N4CCCCC4)cnc32)cc1.COc1ccc(Br)cc1.[C-]#[N+]c1c(C(=O)N2CCCCC2)cnc2[nH]ccc12. The number of piperidine rings is 3. The summed E-state index contributed by atoms with van der Waals surface area (Å²) in [5.41, 5.74) is 7.42. The van der Waals surface area contributed by atoms with Crippen LogP contribution in [0.25, 0.3) is 49.3 Å². The molecule has 0 spiro atoms. The molecule has 3 aromatic carbocycles. The molecule has 9 heterocycles. The Hall–Kier alpha value is -9.00. The van der Waals surface area contributed by atoms with E-state index in [-0.39, 0.29) is 17.7 Å². The normalized spacial score (nSPS) is 14.0. The van der Waals surface area contributed by atoms with Crippen LogP contribution in [0.15, 0.2) is 133 Å². The molecule has 1 N–H and O–H groups in total. The summed E-state index contributed by atoms with van der Waals surface area (Å²) in [6, 6.07) is 31.1. The number of hydrogen-bond acceptors (Lipinski definition) is 10. The molecule has 9 aromatic rings. The molecule has 12 rings (SSSR count). The molecule has 3 saturated heterocycles. The third-order valence-electron chi connectivity index (χ3n) is 14.9. The van der Waals surface area contributed by atoms with Crippen LogP contribution in [0.2, 0.25) is 0 Å². The Morgan fingerprint density at radius 1 is 0.556 bits per heavy atom. The molecule has 0 aliphatic carbocycles. The fraction of sp³-hybridized carbons (Fsp3) is 0.302. The average molecular weight is 1150 g/mol. The molecule has 0 saturated carbocycles. The number of nitriles is 1. The summed E-state index contributed by atoms with van der Waals surface area (Å²) < 4.78 is 20.4. The van der Waals surface area contributed by atoms with Crippen LogP contribution in [0, 0.1) is 24.8 Å². The van der Waals surface area contributed by atoms with Gasteiger partial charge in [-0.25, -0.2) is 19.8 Å². The molecule has 3 amide bonds. The van der Waals surface area contributed by atoms with Crippen LogP contribution < -0.4 is 14.2 Å². The van der Waals surface area contributed by atoms with Crippen molar-refractivity contribution in [3.63, 3.8) is 0 Å². The first-order valence-corrected chi connectivity index (χ1v) is 28.0. The second-order valence-electron chi connectivity index (χ2n) is 19.8. The van der Waals surface area contributed by atoms with E-state index < -0.39 is 0 Å². The van der Waals surface area contributed by atoms with Crippen LogP contribution >= 0.6 is 15.9 Å². The maximum absolute atomic E-state index is 12.9. The highest BCUT2D eigenvalue weighted by Gasteiger charge is 2.26. The lowest BCUT2D eigenvalue weighted by atomic mass is 10.0. The van der Waals surface area contributed by atoms with Gasteiger partial charge in [0.15, 0.2) is 0 Å². The number of hydrogen-bond donors (Lipinski definition) is 1. The Morgan fingerprint density at radius 3 is 1.44 bits per heavy atom. The summed E-state index contributed by atoms with van der Waals surface area (Å²) in [4.78, 5) is 63.7. The Kier molecular flexibility index (Phi) is 18.7. The number of pyridine rings is 3. The van der Waals surface area contributed by atoms with Gasteiger partial charge in [-0.05, 0) is 161 Å². The van der Waals surface area contributed by atoms with Crippen molar-refractivity contribution in [2.24, 2.45) is 0 Å². The fourth-order valence-corrected chi connectivity index (χ4v) is 10.6. The highest BCUT2D eigenvalue weighted by Crippen LogP contribution is 2.31. The summed E-state index contributed by atoms with van der Waals surface area (Å²) >= 11 is 3.32. The first-order valence-electron chi connectivity index (χ1n) is 27.2. The summed E-state index contributed by atoms with van der Waals surface area (Å²) in [5, 5.41) is 12.2. The number of rotatable bonds is 8. The van der Waals surface area contributed by atoms with Gasteiger partial charge < -0.3 is 43.0 Å². The number of amides is 3. The summed E-state index contributed by atoms with van der Waals surface area (Å²) in [7, 11) is 4.94. The predicted molar refractivity (Wildman–Crippen MR) is 317 cm³/mol.